The fourth-order valence-electron chi connectivity index (χ4n) is 3.13. The van der Waals surface area contributed by atoms with Gasteiger partial charge in [-0.25, -0.2) is 0 Å². The Morgan fingerprint density at radius 2 is 1.59 bits per heavy atom. The summed E-state index contributed by atoms with van der Waals surface area (Å²) in [6, 6.07) is 8.17. The molecular weight excluding hydrogens is 376 g/mol. The number of benzene rings is 1. The number of carbonyl (C=O) groups excluding carboxylic acids is 2. The molecule has 0 saturated carbocycles. The zero-order chi connectivity index (χ0) is 21.2. The first-order valence-electron chi connectivity index (χ1n) is 9.67. The average Bonchev–Trinajstić information content (AvgIpc) is 2.75. The van der Waals surface area contributed by atoms with E-state index in [4.69, 9.17) is 14.2 Å². The molecule has 1 heterocycles. The normalized spacial score (nSPS) is 15.8. The van der Waals surface area contributed by atoms with Crippen molar-refractivity contribution in [3.63, 3.8) is 0 Å². The van der Waals surface area contributed by atoms with E-state index < -0.39 is 18.1 Å². The third-order valence-electron chi connectivity index (χ3n) is 4.90. The predicted octanol–water partition coefficient (Wildman–Crippen LogP) is -0.0228. The quantitative estimate of drug-likeness (QED) is 0.438. The van der Waals surface area contributed by atoms with Crippen molar-refractivity contribution in [2.45, 2.75) is 12.3 Å². The van der Waals surface area contributed by atoms with Crippen molar-refractivity contribution in [1.29, 1.82) is 0 Å². The second-order valence-corrected chi connectivity index (χ2v) is 6.97. The fraction of sp³-hybridized carbons (Fsp3) is 0.600. The minimum absolute atomic E-state index is 0.0439. The van der Waals surface area contributed by atoms with Gasteiger partial charge in [-0.3, -0.25) is 14.5 Å². The smallest absolute Gasteiger partial charge is 0.309 e. The van der Waals surface area contributed by atoms with Gasteiger partial charge in [-0.2, -0.15) is 0 Å². The van der Waals surface area contributed by atoms with Gasteiger partial charge in [-0.1, -0.05) is 12.1 Å². The summed E-state index contributed by atoms with van der Waals surface area (Å²) in [6.07, 6.45) is -0.594. The lowest BCUT2D eigenvalue weighted by atomic mass is 10.0. The third-order valence-corrected chi connectivity index (χ3v) is 4.90. The molecule has 9 nitrogen and oxygen atoms in total. The van der Waals surface area contributed by atoms with Gasteiger partial charge < -0.3 is 29.7 Å². The molecule has 162 valence electrons. The third kappa shape index (κ3) is 6.97. The van der Waals surface area contributed by atoms with E-state index in [1.54, 1.807) is 0 Å². The van der Waals surface area contributed by atoms with E-state index in [1.165, 1.54) is 14.2 Å². The Morgan fingerprint density at radius 3 is 2.10 bits per heavy atom. The number of carbonyl (C=O) groups is 2. The molecule has 1 aliphatic heterocycles. The van der Waals surface area contributed by atoms with E-state index in [2.05, 4.69) is 27.7 Å². The standard InChI is InChI=1S/C20H32N4O5/c1-23(2)16-7-5-15(6-8-16)17(24-9-11-29-12-10-24)13-21-19(25)20(26)22-14-18(27-3)28-4/h5-8,17-18H,9-14H2,1-4H3,(H,21,25)(H,22,26)/t17-/m1/s1. The number of rotatable bonds is 9. The number of hydrogen-bond donors (Lipinski definition) is 2. The second kappa shape index (κ2) is 11.7. The summed E-state index contributed by atoms with van der Waals surface area (Å²) in [4.78, 5) is 28.6. The maximum Gasteiger partial charge on any atom is 0.309 e. The topological polar surface area (TPSA) is 92.4 Å². The van der Waals surface area contributed by atoms with Crippen LogP contribution in [0.2, 0.25) is 0 Å². The lowest BCUT2D eigenvalue weighted by molar-refractivity contribution is -0.142. The Morgan fingerprint density at radius 1 is 1.03 bits per heavy atom. The van der Waals surface area contributed by atoms with Crippen LogP contribution in [0.25, 0.3) is 0 Å². The van der Waals surface area contributed by atoms with Crippen molar-refractivity contribution in [2.24, 2.45) is 0 Å². The summed E-state index contributed by atoms with van der Waals surface area (Å²) in [5.74, 6) is -1.40. The molecule has 0 spiro atoms. The molecule has 0 radical (unpaired) electrons. The molecule has 0 bridgehead atoms. The van der Waals surface area contributed by atoms with Gasteiger partial charge in [-0.15, -0.1) is 0 Å². The largest absolute Gasteiger partial charge is 0.379 e. The number of nitrogens with zero attached hydrogens (tertiary/aromatic N) is 2. The van der Waals surface area contributed by atoms with Crippen molar-refractivity contribution in [3.05, 3.63) is 29.8 Å². The van der Waals surface area contributed by atoms with Gasteiger partial charge in [0.1, 0.15) is 0 Å². The number of morpholine rings is 1. The van der Waals surface area contributed by atoms with Crippen LogP contribution >= 0.6 is 0 Å². The van der Waals surface area contributed by atoms with Crippen molar-refractivity contribution in [2.75, 3.05) is 72.6 Å². The van der Waals surface area contributed by atoms with Crippen LogP contribution in [0, 0.1) is 0 Å². The van der Waals surface area contributed by atoms with Gasteiger partial charge in [-0.05, 0) is 17.7 Å². The van der Waals surface area contributed by atoms with Gasteiger partial charge in [0.05, 0.1) is 25.8 Å². The molecule has 1 saturated heterocycles. The Hall–Kier alpha value is -2.20. The van der Waals surface area contributed by atoms with Gasteiger partial charge >= 0.3 is 11.8 Å². The average molecular weight is 408 g/mol. The fourth-order valence-corrected chi connectivity index (χ4v) is 3.13. The highest BCUT2D eigenvalue weighted by molar-refractivity contribution is 6.35. The second-order valence-electron chi connectivity index (χ2n) is 6.97. The summed E-state index contributed by atoms with van der Waals surface area (Å²) in [7, 11) is 6.92. The van der Waals surface area contributed by atoms with Crippen LogP contribution in [0.5, 0.6) is 0 Å². The molecule has 29 heavy (non-hydrogen) atoms. The predicted molar refractivity (Wildman–Crippen MR) is 110 cm³/mol. The molecule has 1 aromatic rings. The molecule has 0 unspecified atom stereocenters. The summed E-state index contributed by atoms with van der Waals surface area (Å²) >= 11 is 0. The van der Waals surface area contributed by atoms with Gasteiger partial charge in [0.25, 0.3) is 0 Å². The monoisotopic (exact) mass is 408 g/mol. The lowest BCUT2D eigenvalue weighted by Crippen LogP contribution is -2.47. The highest BCUT2D eigenvalue weighted by Gasteiger charge is 2.24. The lowest BCUT2D eigenvalue weighted by Gasteiger charge is -2.35. The highest BCUT2D eigenvalue weighted by Crippen LogP contribution is 2.23. The van der Waals surface area contributed by atoms with Crippen molar-refractivity contribution in [3.8, 4) is 0 Å². The van der Waals surface area contributed by atoms with Gasteiger partial charge in [0.15, 0.2) is 6.29 Å². The van der Waals surface area contributed by atoms with Crippen LogP contribution in [0.15, 0.2) is 24.3 Å². The number of nitrogens with one attached hydrogen (secondary N) is 2. The van der Waals surface area contributed by atoms with Crippen LogP contribution in [-0.2, 0) is 23.8 Å². The first-order valence-corrected chi connectivity index (χ1v) is 9.67. The number of amides is 2. The van der Waals surface area contributed by atoms with E-state index in [1.807, 2.05) is 31.1 Å². The summed E-state index contributed by atoms with van der Waals surface area (Å²) in [6.45, 7) is 3.26. The SMILES string of the molecule is COC(CNC(=O)C(=O)NC[C@H](c1ccc(N(C)C)cc1)N1CCOCC1)OC. The maximum atomic E-state index is 12.2. The highest BCUT2D eigenvalue weighted by atomic mass is 16.7. The van der Waals surface area contributed by atoms with Crippen LogP contribution in [0.3, 0.4) is 0 Å². The Bertz CT molecular complexity index is 643. The molecule has 9 heteroatoms. The van der Waals surface area contributed by atoms with E-state index in [-0.39, 0.29) is 12.6 Å². The maximum absolute atomic E-state index is 12.2. The summed E-state index contributed by atoms with van der Waals surface area (Å²) in [5, 5.41) is 5.26. The number of methoxy groups -OCH3 is 2. The molecule has 0 aliphatic carbocycles. The molecular formula is C20H32N4O5. The van der Waals surface area contributed by atoms with Gasteiger partial charge in [0, 0.05) is 53.6 Å². The Kier molecular flexibility index (Phi) is 9.33. The van der Waals surface area contributed by atoms with Crippen molar-refractivity contribution in [1.82, 2.24) is 15.5 Å². The first kappa shape index (κ1) is 23.1. The minimum Gasteiger partial charge on any atom is -0.379 e. The molecule has 1 aromatic carbocycles. The number of ether oxygens (including phenoxy) is 3. The van der Waals surface area contributed by atoms with Crippen LogP contribution < -0.4 is 15.5 Å². The van der Waals surface area contributed by atoms with Crippen molar-refractivity contribution >= 4 is 17.5 Å². The zero-order valence-corrected chi connectivity index (χ0v) is 17.6. The van der Waals surface area contributed by atoms with Gasteiger partial charge in [0.2, 0.25) is 0 Å². The van der Waals surface area contributed by atoms with Crippen LogP contribution in [-0.4, -0.2) is 90.7 Å². The first-order chi connectivity index (χ1) is 14.0. The Labute approximate surface area is 172 Å². The molecule has 1 atom stereocenters. The van der Waals surface area contributed by atoms with E-state index in [0.717, 1.165) is 24.3 Å². The molecule has 1 aliphatic rings. The Balaban J connectivity index is 2.00. The molecule has 1 fully saturated rings. The van der Waals surface area contributed by atoms with Crippen LogP contribution in [0.4, 0.5) is 5.69 Å². The molecule has 2 amide bonds. The molecule has 0 aromatic heterocycles. The molecule has 2 N–H and O–H groups in total. The zero-order valence-electron chi connectivity index (χ0n) is 17.6. The summed E-state index contributed by atoms with van der Waals surface area (Å²) in [5.41, 5.74) is 2.18. The van der Waals surface area contributed by atoms with E-state index in [9.17, 15) is 9.59 Å². The number of anilines is 1. The van der Waals surface area contributed by atoms with E-state index >= 15 is 0 Å². The van der Waals surface area contributed by atoms with Crippen molar-refractivity contribution < 1.29 is 23.8 Å². The summed E-state index contributed by atoms with van der Waals surface area (Å²) < 4.78 is 15.5. The minimum atomic E-state index is -0.715. The number of hydrogen-bond acceptors (Lipinski definition) is 7. The van der Waals surface area contributed by atoms with E-state index in [0.29, 0.717) is 19.8 Å². The van der Waals surface area contributed by atoms with Crippen LogP contribution in [0.1, 0.15) is 11.6 Å². The molecule has 2 rings (SSSR count).